The van der Waals surface area contributed by atoms with Crippen molar-refractivity contribution in [3.05, 3.63) is 33.8 Å². The van der Waals surface area contributed by atoms with E-state index in [1.807, 2.05) is 0 Å². The maximum atomic E-state index is 12.4. The Hall–Kier alpha value is -1.71. The van der Waals surface area contributed by atoms with E-state index in [9.17, 15) is 13.2 Å². The van der Waals surface area contributed by atoms with Gasteiger partial charge in [-0.1, -0.05) is 29.0 Å². The first kappa shape index (κ1) is 17.6. The van der Waals surface area contributed by atoms with Crippen LogP contribution in [0.25, 0.3) is 0 Å². The van der Waals surface area contributed by atoms with Crippen molar-refractivity contribution >= 4 is 44.1 Å². The number of anilines is 1. The van der Waals surface area contributed by atoms with Crippen LogP contribution in [0.5, 0.6) is 0 Å². The molecule has 1 aromatic heterocycles. The van der Waals surface area contributed by atoms with E-state index in [1.54, 1.807) is 19.1 Å². The molecule has 0 aliphatic carbocycles. The van der Waals surface area contributed by atoms with E-state index in [0.717, 1.165) is 11.3 Å². The predicted molar refractivity (Wildman–Crippen MR) is 87.5 cm³/mol. The molecule has 0 fully saturated rings. The standard InChI is InChI=1S/C13H14ClN3O4S2/c1-8-9(14)4-2-5-10(8)23(20,21)17-13-16-15-11(22-13)6-3-7-12(18)19/h2,4-5H,3,6-7H2,1H3,(H,16,17)(H,18,19). The number of aliphatic carboxylic acids is 1. The summed E-state index contributed by atoms with van der Waals surface area (Å²) in [4.78, 5) is 10.5. The SMILES string of the molecule is Cc1c(Cl)cccc1S(=O)(=O)Nc1nnc(CCCC(=O)O)s1. The fraction of sp³-hybridized carbons (Fsp3) is 0.308. The molecular weight excluding hydrogens is 362 g/mol. The van der Waals surface area contributed by atoms with Gasteiger partial charge in [-0.3, -0.25) is 9.52 Å². The molecule has 2 N–H and O–H groups in total. The van der Waals surface area contributed by atoms with E-state index >= 15 is 0 Å². The first-order valence-electron chi connectivity index (χ1n) is 6.61. The third-order valence-corrected chi connectivity index (χ3v) is 5.90. The maximum Gasteiger partial charge on any atom is 0.303 e. The van der Waals surface area contributed by atoms with E-state index < -0.39 is 16.0 Å². The molecule has 0 radical (unpaired) electrons. The highest BCUT2D eigenvalue weighted by atomic mass is 35.5. The van der Waals surface area contributed by atoms with Gasteiger partial charge in [0.05, 0.1) is 4.90 Å². The molecule has 7 nitrogen and oxygen atoms in total. The largest absolute Gasteiger partial charge is 0.481 e. The van der Waals surface area contributed by atoms with Crippen LogP contribution in [0.3, 0.4) is 0 Å². The molecule has 2 aromatic rings. The van der Waals surface area contributed by atoms with Crippen molar-refractivity contribution in [3.63, 3.8) is 0 Å². The van der Waals surface area contributed by atoms with Gasteiger partial charge in [0.25, 0.3) is 10.0 Å². The Balaban J connectivity index is 2.11. The second-order valence-corrected chi connectivity index (χ2v) is 7.84. The number of aromatic nitrogens is 2. The van der Waals surface area contributed by atoms with Crippen molar-refractivity contribution in [2.45, 2.75) is 31.1 Å². The Morgan fingerprint density at radius 1 is 1.39 bits per heavy atom. The smallest absolute Gasteiger partial charge is 0.303 e. The number of hydrogen-bond acceptors (Lipinski definition) is 6. The predicted octanol–water partition coefficient (Wildman–Crippen LogP) is 2.71. The quantitative estimate of drug-likeness (QED) is 0.770. The molecule has 0 spiro atoms. The third kappa shape index (κ3) is 4.63. The highest BCUT2D eigenvalue weighted by molar-refractivity contribution is 7.93. The van der Waals surface area contributed by atoms with Crippen molar-refractivity contribution in [2.75, 3.05) is 4.72 Å². The molecule has 0 saturated carbocycles. The fourth-order valence-electron chi connectivity index (χ4n) is 1.84. The van der Waals surface area contributed by atoms with E-state index in [-0.39, 0.29) is 16.4 Å². The van der Waals surface area contributed by atoms with Crippen LogP contribution < -0.4 is 4.72 Å². The van der Waals surface area contributed by atoms with Crippen LogP contribution in [0.4, 0.5) is 5.13 Å². The van der Waals surface area contributed by atoms with Crippen LogP contribution in [-0.4, -0.2) is 29.7 Å². The number of nitrogens with zero attached hydrogens (tertiary/aromatic N) is 2. The number of hydrogen-bond donors (Lipinski definition) is 2. The molecule has 0 atom stereocenters. The zero-order valence-electron chi connectivity index (χ0n) is 12.1. The summed E-state index contributed by atoms with van der Waals surface area (Å²) in [5.41, 5.74) is 0.452. The van der Waals surface area contributed by atoms with E-state index in [1.165, 1.54) is 6.07 Å². The summed E-state index contributed by atoms with van der Waals surface area (Å²) in [6, 6.07) is 4.63. The lowest BCUT2D eigenvalue weighted by Gasteiger charge is -2.08. The molecule has 1 heterocycles. The lowest BCUT2D eigenvalue weighted by molar-refractivity contribution is -0.137. The van der Waals surface area contributed by atoms with Crippen LogP contribution >= 0.6 is 22.9 Å². The van der Waals surface area contributed by atoms with E-state index in [0.29, 0.717) is 28.4 Å². The summed E-state index contributed by atoms with van der Waals surface area (Å²) < 4.78 is 27.1. The second-order valence-electron chi connectivity index (χ2n) is 4.72. The lowest BCUT2D eigenvalue weighted by Crippen LogP contribution is -2.14. The summed E-state index contributed by atoms with van der Waals surface area (Å²) in [5, 5.41) is 17.3. The van der Waals surface area contributed by atoms with Crippen molar-refractivity contribution in [1.29, 1.82) is 0 Å². The number of carboxylic acids is 1. The maximum absolute atomic E-state index is 12.4. The Bertz CT molecular complexity index is 820. The number of nitrogens with one attached hydrogen (secondary N) is 1. The van der Waals surface area contributed by atoms with Crippen LogP contribution in [0.1, 0.15) is 23.4 Å². The van der Waals surface area contributed by atoms with Gasteiger partial charge in [-0.05, 0) is 31.0 Å². The number of halogens is 1. The Morgan fingerprint density at radius 3 is 2.83 bits per heavy atom. The molecule has 0 aliphatic rings. The number of aryl methyl sites for hydroxylation is 1. The monoisotopic (exact) mass is 375 g/mol. The fourth-order valence-corrected chi connectivity index (χ4v) is 4.35. The van der Waals surface area contributed by atoms with Crippen molar-refractivity contribution in [3.8, 4) is 0 Å². The molecule has 0 bridgehead atoms. The minimum Gasteiger partial charge on any atom is -0.481 e. The van der Waals surface area contributed by atoms with Crippen molar-refractivity contribution in [2.24, 2.45) is 0 Å². The number of benzene rings is 1. The molecular formula is C13H14ClN3O4S2. The summed E-state index contributed by atoms with van der Waals surface area (Å²) in [7, 11) is -3.81. The van der Waals surface area contributed by atoms with Gasteiger partial charge in [0.2, 0.25) is 5.13 Å². The minimum atomic E-state index is -3.81. The van der Waals surface area contributed by atoms with E-state index in [4.69, 9.17) is 16.7 Å². The highest BCUT2D eigenvalue weighted by Crippen LogP contribution is 2.26. The second kappa shape index (κ2) is 7.24. The van der Waals surface area contributed by atoms with Gasteiger partial charge >= 0.3 is 5.97 Å². The van der Waals surface area contributed by atoms with Gasteiger partial charge in [-0.25, -0.2) is 8.42 Å². The first-order chi connectivity index (χ1) is 10.8. The number of carboxylic acid groups (broad SMARTS) is 1. The normalized spacial score (nSPS) is 11.4. The Labute approximate surface area is 142 Å². The van der Waals surface area contributed by atoms with Gasteiger partial charge < -0.3 is 5.11 Å². The number of sulfonamides is 1. The minimum absolute atomic E-state index is 0.0301. The summed E-state index contributed by atoms with van der Waals surface area (Å²) in [6.07, 6.45) is 0.883. The highest BCUT2D eigenvalue weighted by Gasteiger charge is 2.20. The summed E-state index contributed by atoms with van der Waals surface area (Å²) in [6.45, 7) is 1.62. The summed E-state index contributed by atoms with van der Waals surface area (Å²) >= 11 is 7.02. The Kier molecular flexibility index (Phi) is 5.55. The lowest BCUT2D eigenvalue weighted by atomic mass is 10.2. The third-order valence-electron chi connectivity index (χ3n) is 2.98. The van der Waals surface area contributed by atoms with Gasteiger partial charge in [0, 0.05) is 17.9 Å². The Morgan fingerprint density at radius 2 is 2.13 bits per heavy atom. The average Bonchev–Trinajstić information content (AvgIpc) is 2.88. The van der Waals surface area contributed by atoms with Gasteiger partial charge in [0.15, 0.2) is 0 Å². The van der Waals surface area contributed by atoms with Gasteiger partial charge in [-0.2, -0.15) is 0 Å². The molecule has 2 rings (SSSR count). The van der Waals surface area contributed by atoms with Crippen LogP contribution in [-0.2, 0) is 21.2 Å². The molecule has 0 aliphatic heterocycles. The van der Waals surface area contributed by atoms with Crippen LogP contribution in [0.2, 0.25) is 5.02 Å². The topological polar surface area (TPSA) is 109 Å². The molecule has 0 unspecified atom stereocenters. The molecule has 0 amide bonds. The van der Waals surface area contributed by atoms with Crippen LogP contribution in [0.15, 0.2) is 23.1 Å². The number of carbonyl (C=O) groups is 1. The van der Waals surface area contributed by atoms with Crippen LogP contribution in [0, 0.1) is 6.92 Å². The number of rotatable bonds is 7. The zero-order valence-corrected chi connectivity index (χ0v) is 14.5. The van der Waals surface area contributed by atoms with Gasteiger partial charge in [0.1, 0.15) is 5.01 Å². The molecule has 1 aromatic carbocycles. The van der Waals surface area contributed by atoms with Crippen molar-refractivity contribution in [1.82, 2.24) is 10.2 Å². The summed E-state index contributed by atoms with van der Waals surface area (Å²) in [5.74, 6) is -0.883. The molecule has 124 valence electrons. The van der Waals surface area contributed by atoms with Gasteiger partial charge in [-0.15, -0.1) is 10.2 Å². The van der Waals surface area contributed by atoms with E-state index in [2.05, 4.69) is 14.9 Å². The molecule has 0 saturated heterocycles. The zero-order chi connectivity index (χ0) is 17.0. The molecule has 10 heteroatoms. The molecule has 23 heavy (non-hydrogen) atoms. The first-order valence-corrected chi connectivity index (χ1v) is 9.29. The van der Waals surface area contributed by atoms with Crippen molar-refractivity contribution < 1.29 is 18.3 Å². The average molecular weight is 376 g/mol.